The summed E-state index contributed by atoms with van der Waals surface area (Å²) < 4.78 is 37.5. The summed E-state index contributed by atoms with van der Waals surface area (Å²) >= 11 is 0. The van der Waals surface area contributed by atoms with Gasteiger partial charge in [-0.2, -0.15) is 13.2 Å². The van der Waals surface area contributed by atoms with Crippen LogP contribution < -0.4 is 10.9 Å². The van der Waals surface area contributed by atoms with Gasteiger partial charge in [0, 0.05) is 13.1 Å². The highest BCUT2D eigenvalue weighted by molar-refractivity contribution is 5.28. The van der Waals surface area contributed by atoms with Crippen molar-refractivity contribution >= 4 is 5.95 Å². The summed E-state index contributed by atoms with van der Waals surface area (Å²) in [5, 5.41) is 8.76. The van der Waals surface area contributed by atoms with Crippen LogP contribution in [0.4, 0.5) is 19.1 Å². The normalized spacial score (nSPS) is 15.1. The summed E-state index contributed by atoms with van der Waals surface area (Å²) in [4.78, 5) is 11.2. The van der Waals surface area contributed by atoms with Gasteiger partial charge in [-0.25, -0.2) is 0 Å². The van der Waals surface area contributed by atoms with Crippen LogP contribution in [0, 0.1) is 0 Å². The van der Waals surface area contributed by atoms with Gasteiger partial charge in [-0.05, 0) is 0 Å². The fourth-order valence-corrected chi connectivity index (χ4v) is 1.21. The molecule has 0 radical (unpaired) electrons. The first-order valence-corrected chi connectivity index (χ1v) is 3.79. The molecule has 0 aliphatic carbocycles. The Balaban J connectivity index is 2.62. The first kappa shape index (κ1) is 8.97. The quantitative estimate of drug-likeness (QED) is 0.653. The number of aromatic nitrogens is 3. The van der Waals surface area contributed by atoms with Crippen LogP contribution >= 0.6 is 0 Å². The van der Waals surface area contributed by atoms with E-state index in [-0.39, 0.29) is 12.5 Å². The minimum Gasteiger partial charge on any atom is -0.352 e. The molecule has 0 unspecified atom stereocenters. The molecule has 0 atom stereocenters. The van der Waals surface area contributed by atoms with Crippen molar-refractivity contribution in [3.05, 3.63) is 16.0 Å². The molecule has 0 fully saturated rings. The van der Waals surface area contributed by atoms with E-state index in [2.05, 4.69) is 15.5 Å². The average molecular weight is 206 g/mol. The standard InChI is InChI=1S/C6H5F3N4O/c7-6(8,9)3-4(14)13-2-1-10-5(13)12-11-3/h1-2H2,(H,10,12). The van der Waals surface area contributed by atoms with Crippen LogP contribution in [0.1, 0.15) is 5.69 Å². The number of hydrogen-bond acceptors (Lipinski definition) is 4. The largest absolute Gasteiger partial charge is 0.440 e. The Labute approximate surface area is 75.6 Å². The Morgan fingerprint density at radius 3 is 2.71 bits per heavy atom. The molecule has 0 amide bonds. The van der Waals surface area contributed by atoms with Gasteiger partial charge in [0.2, 0.25) is 11.6 Å². The number of alkyl halides is 3. The molecule has 1 aromatic rings. The molecule has 2 rings (SSSR count). The monoisotopic (exact) mass is 206 g/mol. The molecule has 1 N–H and O–H groups in total. The molecule has 14 heavy (non-hydrogen) atoms. The summed E-state index contributed by atoms with van der Waals surface area (Å²) in [6, 6.07) is 0. The van der Waals surface area contributed by atoms with Gasteiger partial charge in [0.05, 0.1) is 0 Å². The number of anilines is 1. The van der Waals surface area contributed by atoms with Crippen LogP contribution in [-0.2, 0) is 12.7 Å². The second-order valence-electron chi connectivity index (χ2n) is 2.75. The minimum atomic E-state index is -4.74. The van der Waals surface area contributed by atoms with Gasteiger partial charge in [0.1, 0.15) is 0 Å². The number of rotatable bonds is 0. The van der Waals surface area contributed by atoms with Crippen molar-refractivity contribution < 1.29 is 13.2 Å². The number of fused-ring (bicyclic) bond motifs is 1. The average Bonchev–Trinajstić information content (AvgIpc) is 2.50. The van der Waals surface area contributed by atoms with Crippen molar-refractivity contribution in [2.75, 3.05) is 11.9 Å². The van der Waals surface area contributed by atoms with E-state index in [9.17, 15) is 18.0 Å². The third-order valence-electron chi connectivity index (χ3n) is 1.84. The Morgan fingerprint density at radius 1 is 1.36 bits per heavy atom. The zero-order chi connectivity index (χ0) is 10.3. The van der Waals surface area contributed by atoms with E-state index in [0.29, 0.717) is 6.54 Å². The topological polar surface area (TPSA) is 59.8 Å². The van der Waals surface area contributed by atoms with E-state index < -0.39 is 17.4 Å². The van der Waals surface area contributed by atoms with E-state index >= 15 is 0 Å². The smallest absolute Gasteiger partial charge is 0.352 e. The first-order chi connectivity index (χ1) is 6.50. The van der Waals surface area contributed by atoms with E-state index in [4.69, 9.17) is 0 Å². The molecule has 8 heteroatoms. The number of nitrogens with one attached hydrogen (secondary N) is 1. The molecule has 0 saturated heterocycles. The molecule has 1 aliphatic heterocycles. The SMILES string of the molecule is O=c1c(C(F)(F)F)nnc2n1CCN2. The first-order valence-electron chi connectivity index (χ1n) is 3.79. The minimum absolute atomic E-state index is 0.0861. The van der Waals surface area contributed by atoms with Crippen molar-refractivity contribution in [3.63, 3.8) is 0 Å². The fraction of sp³-hybridized carbons (Fsp3) is 0.500. The van der Waals surface area contributed by atoms with E-state index in [1.807, 2.05) is 0 Å². The maximum absolute atomic E-state index is 12.2. The second-order valence-corrected chi connectivity index (χ2v) is 2.75. The molecule has 0 saturated carbocycles. The molecule has 0 aromatic carbocycles. The fourth-order valence-electron chi connectivity index (χ4n) is 1.21. The number of nitrogens with zero attached hydrogens (tertiary/aromatic N) is 3. The summed E-state index contributed by atoms with van der Waals surface area (Å²) in [5.74, 6) is 0.0861. The van der Waals surface area contributed by atoms with Crippen molar-refractivity contribution in [3.8, 4) is 0 Å². The zero-order valence-corrected chi connectivity index (χ0v) is 6.80. The summed E-state index contributed by atoms with van der Waals surface area (Å²) in [5.41, 5.74) is -2.61. The third kappa shape index (κ3) is 1.22. The molecule has 5 nitrogen and oxygen atoms in total. The summed E-state index contributed by atoms with van der Waals surface area (Å²) in [7, 11) is 0. The molecule has 2 heterocycles. The van der Waals surface area contributed by atoms with Gasteiger partial charge in [0.25, 0.3) is 5.56 Å². The lowest BCUT2D eigenvalue weighted by molar-refractivity contribution is -0.143. The number of hydrogen-bond donors (Lipinski definition) is 1. The Kier molecular flexibility index (Phi) is 1.73. The molecular weight excluding hydrogens is 201 g/mol. The highest BCUT2D eigenvalue weighted by atomic mass is 19.4. The highest BCUT2D eigenvalue weighted by Gasteiger charge is 2.38. The third-order valence-corrected chi connectivity index (χ3v) is 1.84. The van der Waals surface area contributed by atoms with E-state index in [1.165, 1.54) is 0 Å². The molecular formula is C6H5F3N4O. The van der Waals surface area contributed by atoms with Gasteiger partial charge in [-0.3, -0.25) is 9.36 Å². The zero-order valence-electron chi connectivity index (χ0n) is 6.80. The maximum atomic E-state index is 12.2. The molecule has 1 aliphatic rings. The van der Waals surface area contributed by atoms with Gasteiger partial charge < -0.3 is 5.32 Å². The lowest BCUT2D eigenvalue weighted by Crippen LogP contribution is -2.30. The van der Waals surface area contributed by atoms with Gasteiger partial charge >= 0.3 is 6.18 Å². The summed E-state index contributed by atoms with van der Waals surface area (Å²) in [6.07, 6.45) is -4.74. The predicted octanol–water partition coefficient (Wildman–Crippen LogP) is 0.0826. The maximum Gasteiger partial charge on any atom is 0.440 e. The highest BCUT2D eigenvalue weighted by Crippen LogP contribution is 2.24. The second kappa shape index (κ2) is 2.69. The van der Waals surface area contributed by atoms with Crippen LogP contribution in [-0.4, -0.2) is 21.3 Å². The molecule has 1 aromatic heterocycles. The lowest BCUT2D eigenvalue weighted by Gasteiger charge is -2.05. The predicted molar refractivity (Wildman–Crippen MR) is 39.8 cm³/mol. The molecule has 0 bridgehead atoms. The van der Waals surface area contributed by atoms with Crippen LogP contribution in [0.25, 0.3) is 0 Å². The van der Waals surface area contributed by atoms with E-state index in [0.717, 1.165) is 4.57 Å². The van der Waals surface area contributed by atoms with Crippen molar-refractivity contribution in [2.45, 2.75) is 12.7 Å². The molecule has 0 spiro atoms. The van der Waals surface area contributed by atoms with Crippen molar-refractivity contribution in [1.82, 2.24) is 14.8 Å². The van der Waals surface area contributed by atoms with Crippen LogP contribution in [0.15, 0.2) is 4.79 Å². The Morgan fingerprint density at radius 2 is 2.07 bits per heavy atom. The Bertz CT molecular complexity index is 424. The van der Waals surface area contributed by atoms with Crippen LogP contribution in [0.2, 0.25) is 0 Å². The number of halogens is 3. The van der Waals surface area contributed by atoms with Crippen molar-refractivity contribution in [1.29, 1.82) is 0 Å². The van der Waals surface area contributed by atoms with Gasteiger partial charge in [0.15, 0.2) is 0 Å². The van der Waals surface area contributed by atoms with E-state index in [1.54, 1.807) is 0 Å². The Hall–Kier alpha value is -1.60. The lowest BCUT2D eigenvalue weighted by atomic mass is 10.4. The van der Waals surface area contributed by atoms with Gasteiger partial charge in [-0.15, -0.1) is 10.2 Å². The molecule has 76 valence electrons. The summed E-state index contributed by atoms with van der Waals surface area (Å²) in [6.45, 7) is 0.581. The van der Waals surface area contributed by atoms with Crippen molar-refractivity contribution in [2.24, 2.45) is 0 Å². The van der Waals surface area contributed by atoms with Gasteiger partial charge in [-0.1, -0.05) is 0 Å². The van der Waals surface area contributed by atoms with Crippen LogP contribution in [0.5, 0.6) is 0 Å². The van der Waals surface area contributed by atoms with Crippen LogP contribution in [0.3, 0.4) is 0 Å².